The fourth-order valence-corrected chi connectivity index (χ4v) is 3.49. The molecule has 3 rings (SSSR count). The quantitative estimate of drug-likeness (QED) is 0.598. The summed E-state index contributed by atoms with van der Waals surface area (Å²) in [7, 11) is 0. The lowest BCUT2D eigenvalue weighted by Gasteiger charge is -2.03. The minimum atomic E-state index is 0.381. The van der Waals surface area contributed by atoms with Gasteiger partial charge in [0.1, 0.15) is 10.5 Å². The summed E-state index contributed by atoms with van der Waals surface area (Å²) in [6.07, 6.45) is 0. The molecule has 2 aromatic carbocycles. The number of para-hydroxylation sites is 1. The number of rotatable bonds is 1. The van der Waals surface area contributed by atoms with E-state index >= 15 is 0 Å². The predicted molar refractivity (Wildman–Crippen MR) is 84.5 cm³/mol. The van der Waals surface area contributed by atoms with Crippen molar-refractivity contribution in [2.75, 3.05) is 5.73 Å². The fourth-order valence-electron chi connectivity index (χ4n) is 1.75. The van der Waals surface area contributed by atoms with Crippen molar-refractivity contribution in [3.05, 3.63) is 45.4 Å². The maximum Gasteiger partial charge on any atom is 0.124 e. The molecule has 1 aromatic heterocycles. The molecule has 0 saturated carbocycles. The van der Waals surface area contributed by atoms with E-state index in [1.807, 2.05) is 18.2 Å². The molecule has 0 atom stereocenters. The molecule has 19 heavy (non-hydrogen) atoms. The van der Waals surface area contributed by atoms with E-state index in [0.717, 1.165) is 20.8 Å². The maximum atomic E-state index is 6.12. The largest absolute Gasteiger partial charge is 0.396 e. The molecule has 0 aliphatic rings. The van der Waals surface area contributed by atoms with E-state index in [1.54, 1.807) is 12.1 Å². The molecule has 0 aliphatic heterocycles. The van der Waals surface area contributed by atoms with Crippen LogP contribution in [0.3, 0.4) is 0 Å². The van der Waals surface area contributed by atoms with Crippen molar-refractivity contribution in [3.63, 3.8) is 0 Å². The smallest absolute Gasteiger partial charge is 0.124 e. The van der Waals surface area contributed by atoms with E-state index in [4.69, 9.17) is 40.5 Å². The van der Waals surface area contributed by atoms with Gasteiger partial charge in [-0.25, -0.2) is 4.98 Å². The van der Waals surface area contributed by atoms with Gasteiger partial charge in [0.15, 0.2) is 0 Å². The molecule has 6 heteroatoms. The molecule has 0 saturated heterocycles. The van der Waals surface area contributed by atoms with Gasteiger partial charge in [-0.1, -0.05) is 40.9 Å². The van der Waals surface area contributed by atoms with Gasteiger partial charge in [-0.2, -0.15) is 0 Å². The Morgan fingerprint density at radius 2 is 1.68 bits per heavy atom. The topological polar surface area (TPSA) is 38.9 Å². The summed E-state index contributed by atoms with van der Waals surface area (Å²) in [6.45, 7) is 0. The van der Waals surface area contributed by atoms with Gasteiger partial charge < -0.3 is 5.73 Å². The second-order valence-corrected chi connectivity index (χ2v) is 6.21. The zero-order chi connectivity index (χ0) is 13.6. The van der Waals surface area contributed by atoms with Crippen molar-refractivity contribution in [2.45, 2.75) is 0 Å². The normalized spacial score (nSPS) is 11.1. The fraction of sp³-hybridized carbons (Fsp3) is 0. The molecule has 1 heterocycles. The predicted octanol–water partition coefficient (Wildman–Crippen LogP) is 5.51. The average Bonchev–Trinajstić information content (AvgIpc) is 2.81. The van der Waals surface area contributed by atoms with Gasteiger partial charge in [0.25, 0.3) is 0 Å². The highest BCUT2D eigenvalue weighted by atomic mass is 35.5. The third kappa shape index (κ3) is 2.28. The summed E-state index contributed by atoms with van der Waals surface area (Å²) in [6, 6.07) is 9.21. The lowest BCUT2D eigenvalue weighted by molar-refractivity contribution is 1.48. The maximum absolute atomic E-state index is 6.12. The second kappa shape index (κ2) is 4.84. The summed E-state index contributed by atoms with van der Waals surface area (Å²) < 4.78 is 1.02. The summed E-state index contributed by atoms with van der Waals surface area (Å²) in [5, 5.41) is 2.29. The minimum Gasteiger partial charge on any atom is -0.396 e. The zero-order valence-corrected chi connectivity index (χ0v) is 12.5. The van der Waals surface area contributed by atoms with Gasteiger partial charge in [-0.15, -0.1) is 11.3 Å². The number of anilines is 1. The SMILES string of the molecule is Nc1c(Cl)cc(-c2nc3c(Cl)cccc3s2)cc1Cl. The standard InChI is InChI=1S/C13H7Cl3N2S/c14-7-2-1-3-10-12(7)18-13(19-10)6-4-8(15)11(17)9(16)5-6/h1-5H,17H2. The third-order valence-electron chi connectivity index (χ3n) is 2.70. The van der Waals surface area contributed by atoms with E-state index < -0.39 is 0 Å². The van der Waals surface area contributed by atoms with Crippen LogP contribution in [0.15, 0.2) is 30.3 Å². The molecular weight excluding hydrogens is 323 g/mol. The number of nitrogens with two attached hydrogens (primary N) is 1. The molecule has 0 radical (unpaired) electrons. The van der Waals surface area contributed by atoms with Crippen molar-refractivity contribution in [3.8, 4) is 10.6 Å². The summed E-state index contributed by atoms with van der Waals surface area (Å²) in [5.41, 5.74) is 7.73. The Balaban J connectivity index is 2.22. The Morgan fingerprint density at radius 1 is 1.00 bits per heavy atom. The van der Waals surface area contributed by atoms with Crippen LogP contribution in [0, 0.1) is 0 Å². The van der Waals surface area contributed by atoms with E-state index in [0.29, 0.717) is 20.8 Å². The molecule has 0 spiro atoms. The zero-order valence-electron chi connectivity index (χ0n) is 9.45. The Morgan fingerprint density at radius 3 is 2.32 bits per heavy atom. The lowest BCUT2D eigenvalue weighted by Crippen LogP contribution is -1.88. The molecule has 0 unspecified atom stereocenters. The Kier molecular flexibility index (Phi) is 3.31. The molecule has 96 valence electrons. The molecule has 2 nitrogen and oxygen atoms in total. The van der Waals surface area contributed by atoms with E-state index in [1.165, 1.54) is 11.3 Å². The van der Waals surface area contributed by atoms with Crippen molar-refractivity contribution < 1.29 is 0 Å². The monoisotopic (exact) mass is 328 g/mol. The Bertz CT molecular complexity index is 760. The minimum absolute atomic E-state index is 0.381. The number of halogens is 3. The first-order valence-corrected chi connectivity index (χ1v) is 7.31. The first-order chi connectivity index (χ1) is 9.06. The van der Waals surface area contributed by atoms with Crippen LogP contribution in [0.25, 0.3) is 20.8 Å². The van der Waals surface area contributed by atoms with E-state index in [2.05, 4.69) is 4.98 Å². The van der Waals surface area contributed by atoms with Gasteiger partial charge >= 0.3 is 0 Å². The highest BCUT2D eigenvalue weighted by Gasteiger charge is 2.12. The first kappa shape index (κ1) is 13.0. The Labute approximate surface area is 128 Å². The molecule has 3 aromatic rings. The lowest BCUT2D eigenvalue weighted by atomic mass is 10.2. The van der Waals surface area contributed by atoms with Crippen molar-refractivity contribution in [1.82, 2.24) is 4.98 Å². The molecule has 0 aliphatic carbocycles. The van der Waals surface area contributed by atoms with Gasteiger partial charge in [-0.05, 0) is 24.3 Å². The third-order valence-corrected chi connectivity index (χ3v) is 4.70. The Hall–Kier alpha value is -1.00. The number of fused-ring (bicyclic) bond motifs is 1. The van der Waals surface area contributed by atoms with Crippen LogP contribution in [-0.2, 0) is 0 Å². The molecule has 0 amide bonds. The number of benzene rings is 2. The summed E-state index contributed by atoms with van der Waals surface area (Å²) in [4.78, 5) is 4.52. The number of aromatic nitrogens is 1. The van der Waals surface area contributed by atoms with Crippen LogP contribution >= 0.6 is 46.1 Å². The van der Waals surface area contributed by atoms with Crippen LogP contribution in [-0.4, -0.2) is 4.98 Å². The number of hydrogen-bond acceptors (Lipinski definition) is 3. The van der Waals surface area contributed by atoms with Crippen LogP contribution < -0.4 is 5.73 Å². The molecule has 0 fully saturated rings. The van der Waals surface area contributed by atoms with Crippen LogP contribution in [0.2, 0.25) is 15.1 Å². The second-order valence-electron chi connectivity index (χ2n) is 3.96. The summed E-state index contributed by atoms with van der Waals surface area (Å²) >= 11 is 19.7. The average molecular weight is 330 g/mol. The summed E-state index contributed by atoms with van der Waals surface area (Å²) in [5.74, 6) is 0. The number of nitrogen functional groups attached to an aromatic ring is 1. The highest BCUT2D eigenvalue weighted by molar-refractivity contribution is 7.21. The number of nitrogens with zero attached hydrogens (tertiary/aromatic N) is 1. The highest BCUT2D eigenvalue weighted by Crippen LogP contribution is 2.38. The van der Waals surface area contributed by atoms with E-state index in [9.17, 15) is 0 Å². The van der Waals surface area contributed by atoms with Crippen molar-refractivity contribution in [1.29, 1.82) is 0 Å². The van der Waals surface area contributed by atoms with Gasteiger partial charge in [0.05, 0.1) is 25.5 Å². The first-order valence-electron chi connectivity index (χ1n) is 5.36. The molecule has 0 bridgehead atoms. The van der Waals surface area contributed by atoms with E-state index in [-0.39, 0.29) is 0 Å². The van der Waals surface area contributed by atoms with Gasteiger partial charge in [0, 0.05) is 5.56 Å². The van der Waals surface area contributed by atoms with Crippen molar-refractivity contribution >= 4 is 62.0 Å². The molecule has 2 N–H and O–H groups in total. The molecular formula is C13H7Cl3N2S. The van der Waals surface area contributed by atoms with Crippen molar-refractivity contribution in [2.24, 2.45) is 0 Å². The number of thiazole rings is 1. The number of hydrogen-bond donors (Lipinski definition) is 1. The van der Waals surface area contributed by atoms with Crippen LogP contribution in [0.5, 0.6) is 0 Å². The van der Waals surface area contributed by atoms with Gasteiger partial charge in [-0.3, -0.25) is 0 Å². The van der Waals surface area contributed by atoms with Crippen LogP contribution in [0.1, 0.15) is 0 Å². The van der Waals surface area contributed by atoms with Gasteiger partial charge in [0.2, 0.25) is 0 Å². The van der Waals surface area contributed by atoms with Crippen LogP contribution in [0.4, 0.5) is 5.69 Å².